The van der Waals surface area contributed by atoms with Crippen molar-refractivity contribution < 1.29 is 0 Å². The van der Waals surface area contributed by atoms with Crippen LogP contribution in [0, 0.1) is 0 Å². The van der Waals surface area contributed by atoms with E-state index in [1.54, 1.807) is 0 Å². The highest BCUT2D eigenvalue weighted by Gasteiger charge is 2.20. The molecule has 0 aromatic carbocycles. The van der Waals surface area contributed by atoms with Gasteiger partial charge in [-0.25, -0.2) is 0 Å². The Balaban J connectivity index is 1.94. The molecule has 1 aromatic heterocycles. The van der Waals surface area contributed by atoms with E-state index in [1.165, 1.54) is 24.2 Å². The first-order valence-electron chi connectivity index (χ1n) is 5.72. The van der Waals surface area contributed by atoms with Crippen molar-refractivity contribution in [2.75, 3.05) is 19.6 Å². The molecule has 16 heavy (non-hydrogen) atoms. The van der Waals surface area contributed by atoms with Crippen LogP contribution in [-0.2, 0) is 6.54 Å². The maximum absolute atomic E-state index is 5.79. The van der Waals surface area contributed by atoms with Crippen molar-refractivity contribution >= 4 is 22.9 Å². The van der Waals surface area contributed by atoms with Crippen LogP contribution in [0.4, 0.5) is 0 Å². The highest BCUT2D eigenvalue weighted by Crippen LogP contribution is 2.19. The number of halogens is 1. The fourth-order valence-corrected chi connectivity index (χ4v) is 3.01. The predicted octanol–water partition coefficient (Wildman–Crippen LogP) is 1.77. The van der Waals surface area contributed by atoms with Crippen LogP contribution in [0.5, 0.6) is 0 Å². The van der Waals surface area contributed by atoms with Crippen LogP contribution >= 0.6 is 22.9 Å². The van der Waals surface area contributed by atoms with Gasteiger partial charge < -0.3 is 5.32 Å². The van der Waals surface area contributed by atoms with E-state index in [1.807, 2.05) is 0 Å². The topological polar surface area (TPSA) is 41.1 Å². The molecule has 1 aromatic rings. The molecule has 2 rings (SSSR count). The maximum atomic E-state index is 5.79. The number of likely N-dealkylation sites (N-methyl/N-ethyl adjacent to an activating group) is 1. The molecule has 4 nitrogen and oxygen atoms in total. The quantitative estimate of drug-likeness (QED) is 0.896. The summed E-state index contributed by atoms with van der Waals surface area (Å²) in [5.74, 6) is 0. The molecule has 1 saturated heterocycles. The van der Waals surface area contributed by atoms with Crippen molar-refractivity contribution in [1.29, 1.82) is 0 Å². The fraction of sp³-hybridized carbons (Fsp3) is 0.800. The highest BCUT2D eigenvalue weighted by atomic mass is 35.5. The zero-order chi connectivity index (χ0) is 11.4. The van der Waals surface area contributed by atoms with Gasteiger partial charge in [-0.2, -0.15) is 0 Å². The van der Waals surface area contributed by atoms with Gasteiger partial charge in [-0.15, -0.1) is 10.2 Å². The molecule has 0 bridgehead atoms. The number of hydrogen-bond donors (Lipinski definition) is 1. The van der Waals surface area contributed by atoms with Crippen LogP contribution in [0.15, 0.2) is 0 Å². The van der Waals surface area contributed by atoms with Crippen LogP contribution in [0.25, 0.3) is 0 Å². The highest BCUT2D eigenvalue weighted by molar-refractivity contribution is 7.15. The Morgan fingerprint density at radius 2 is 2.44 bits per heavy atom. The van der Waals surface area contributed by atoms with Crippen molar-refractivity contribution in [3.05, 3.63) is 9.47 Å². The van der Waals surface area contributed by atoms with Gasteiger partial charge in [-0.05, 0) is 37.5 Å². The van der Waals surface area contributed by atoms with Crippen LogP contribution in [0.3, 0.4) is 0 Å². The zero-order valence-electron chi connectivity index (χ0n) is 9.45. The third-order valence-electron chi connectivity index (χ3n) is 2.97. The molecule has 1 aliphatic rings. The minimum atomic E-state index is 0.535. The summed E-state index contributed by atoms with van der Waals surface area (Å²) in [7, 11) is 0. The summed E-state index contributed by atoms with van der Waals surface area (Å²) in [6.45, 7) is 6.34. The standard InChI is InChI=1S/C10H17ClN4S/c1-2-15(8-4-3-5-12-6-8)7-9-13-14-10(11)16-9/h8,12H,2-7H2,1H3. The van der Waals surface area contributed by atoms with Gasteiger partial charge in [0.25, 0.3) is 0 Å². The van der Waals surface area contributed by atoms with Gasteiger partial charge in [0.15, 0.2) is 0 Å². The van der Waals surface area contributed by atoms with E-state index in [0.29, 0.717) is 10.5 Å². The summed E-state index contributed by atoms with van der Waals surface area (Å²) >= 11 is 7.26. The molecular weight excluding hydrogens is 244 g/mol. The maximum Gasteiger partial charge on any atom is 0.207 e. The van der Waals surface area contributed by atoms with Crippen molar-refractivity contribution in [2.45, 2.75) is 32.4 Å². The van der Waals surface area contributed by atoms with Crippen LogP contribution < -0.4 is 5.32 Å². The first kappa shape index (κ1) is 12.2. The third kappa shape index (κ3) is 3.13. The summed E-state index contributed by atoms with van der Waals surface area (Å²) in [4.78, 5) is 2.45. The fourth-order valence-electron chi connectivity index (χ4n) is 2.11. The van der Waals surface area contributed by atoms with Crippen LogP contribution in [0.2, 0.25) is 4.47 Å². The van der Waals surface area contributed by atoms with E-state index < -0.39 is 0 Å². The van der Waals surface area contributed by atoms with Gasteiger partial charge in [-0.3, -0.25) is 4.90 Å². The van der Waals surface area contributed by atoms with E-state index in [4.69, 9.17) is 11.6 Å². The second kappa shape index (κ2) is 5.91. The predicted molar refractivity (Wildman–Crippen MR) is 66.9 cm³/mol. The summed E-state index contributed by atoms with van der Waals surface area (Å²) < 4.78 is 0.535. The zero-order valence-corrected chi connectivity index (χ0v) is 11.0. The SMILES string of the molecule is CCN(Cc1nnc(Cl)s1)C1CCCNC1. The largest absolute Gasteiger partial charge is 0.315 e. The summed E-state index contributed by atoms with van der Waals surface area (Å²) in [6.07, 6.45) is 2.53. The van der Waals surface area contributed by atoms with Gasteiger partial charge in [-0.1, -0.05) is 18.3 Å². The lowest BCUT2D eigenvalue weighted by Crippen LogP contribution is -2.45. The molecule has 1 unspecified atom stereocenters. The molecule has 90 valence electrons. The molecular formula is C10H17ClN4S. The number of nitrogens with zero attached hydrogens (tertiary/aromatic N) is 3. The number of aromatic nitrogens is 2. The van der Waals surface area contributed by atoms with Gasteiger partial charge in [0.05, 0.1) is 6.54 Å². The minimum Gasteiger partial charge on any atom is -0.315 e. The lowest BCUT2D eigenvalue weighted by Gasteiger charge is -2.33. The molecule has 6 heteroatoms. The molecule has 1 fully saturated rings. The second-order valence-corrected chi connectivity index (χ2v) is 5.66. The van der Waals surface area contributed by atoms with E-state index in [0.717, 1.165) is 31.2 Å². The van der Waals surface area contributed by atoms with Gasteiger partial charge >= 0.3 is 0 Å². The minimum absolute atomic E-state index is 0.535. The second-order valence-electron chi connectivity index (χ2n) is 4.01. The van der Waals surface area contributed by atoms with Crippen LogP contribution in [0.1, 0.15) is 24.8 Å². The van der Waals surface area contributed by atoms with E-state index in [2.05, 4.69) is 27.3 Å². The summed E-state index contributed by atoms with van der Waals surface area (Å²) in [5, 5.41) is 12.4. The molecule has 1 N–H and O–H groups in total. The Morgan fingerprint density at radius 1 is 1.56 bits per heavy atom. The number of piperidine rings is 1. The summed E-state index contributed by atoms with van der Waals surface area (Å²) in [6, 6.07) is 0.626. The molecule has 1 atom stereocenters. The normalized spacial score (nSPS) is 21.6. The van der Waals surface area contributed by atoms with Crippen molar-refractivity contribution in [3.63, 3.8) is 0 Å². The van der Waals surface area contributed by atoms with Crippen molar-refractivity contribution in [2.24, 2.45) is 0 Å². The smallest absolute Gasteiger partial charge is 0.207 e. The molecule has 0 spiro atoms. The lowest BCUT2D eigenvalue weighted by atomic mass is 10.1. The van der Waals surface area contributed by atoms with E-state index in [9.17, 15) is 0 Å². The number of hydrogen-bond acceptors (Lipinski definition) is 5. The number of nitrogens with one attached hydrogen (secondary N) is 1. The first-order valence-corrected chi connectivity index (χ1v) is 6.91. The van der Waals surface area contributed by atoms with Crippen molar-refractivity contribution in [3.8, 4) is 0 Å². The van der Waals surface area contributed by atoms with Crippen LogP contribution in [-0.4, -0.2) is 40.8 Å². The molecule has 0 amide bonds. The van der Waals surface area contributed by atoms with E-state index >= 15 is 0 Å². The average molecular weight is 261 g/mol. The Kier molecular flexibility index (Phi) is 4.52. The monoisotopic (exact) mass is 260 g/mol. The Bertz CT molecular complexity index is 324. The third-order valence-corrected chi connectivity index (χ3v) is 3.98. The molecule has 0 aliphatic carbocycles. The Hall–Kier alpha value is -0.230. The Morgan fingerprint density at radius 3 is 3.00 bits per heavy atom. The van der Waals surface area contributed by atoms with E-state index in [-0.39, 0.29) is 0 Å². The molecule has 0 saturated carbocycles. The summed E-state index contributed by atoms with van der Waals surface area (Å²) in [5.41, 5.74) is 0. The number of rotatable bonds is 4. The Labute approximate surface area is 105 Å². The molecule has 0 radical (unpaired) electrons. The average Bonchev–Trinajstić information content (AvgIpc) is 2.73. The molecule has 1 aliphatic heterocycles. The van der Waals surface area contributed by atoms with Gasteiger partial charge in [0.2, 0.25) is 4.47 Å². The van der Waals surface area contributed by atoms with Gasteiger partial charge in [0.1, 0.15) is 5.01 Å². The molecule has 2 heterocycles. The lowest BCUT2D eigenvalue weighted by molar-refractivity contribution is 0.165. The van der Waals surface area contributed by atoms with Crippen molar-refractivity contribution in [1.82, 2.24) is 20.4 Å². The van der Waals surface area contributed by atoms with Gasteiger partial charge in [0, 0.05) is 12.6 Å². The first-order chi connectivity index (χ1) is 7.79.